The minimum Gasteiger partial charge on any atom is -0.319 e. The fourth-order valence-electron chi connectivity index (χ4n) is 2.40. The summed E-state index contributed by atoms with van der Waals surface area (Å²) < 4.78 is 26.2. The van der Waals surface area contributed by atoms with Gasteiger partial charge in [-0.1, -0.05) is 59.1 Å². The molecule has 0 rings (SSSR count). The van der Waals surface area contributed by atoms with Gasteiger partial charge >= 0.3 is 0 Å². The highest BCUT2D eigenvalue weighted by Crippen LogP contribution is 2.18. The largest absolute Gasteiger partial charge is 0.319 e. The molecular weight excluding hydrogens is 324 g/mol. The Morgan fingerprint density at radius 1 is 1.12 bits per heavy atom. The van der Waals surface area contributed by atoms with Crippen molar-refractivity contribution >= 4 is 15.9 Å². The molecule has 142 valence electrons. The van der Waals surface area contributed by atoms with E-state index in [1.807, 2.05) is 19.9 Å². The van der Waals surface area contributed by atoms with Gasteiger partial charge in [0.25, 0.3) is 5.91 Å². The van der Waals surface area contributed by atoms with Crippen LogP contribution in [0.4, 0.5) is 0 Å². The SMILES string of the molecule is CCCCCCC=CC(C(C)C)C(N)C(=O)NS(=O)(=O)C(C)CC. The summed E-state index contributed by atoms with van der Waals surface area (Å²) in [4.78, 5) is 12.2. The van der Waals surface area contributed by atoms with Crippen LogP contribution in [0.15, 0.2) is 12.2 Å². The number of unbranched alkanes of at least 4 members (excludes halogenated alkanes) is 4. The summed E-state index contributed by atoms with van der Waals surface area (Å²) in [7, 11) is -3.65. The molecule has 0 radical (unpaired) electrons. The number of nitrogens with two attached hydrogens (primary N) is 1. The first-order valence-electron chi connectivity index (χ1n) is 9.15. The molecule has 0 heterocycles. The van der Waals surface area contributed by atoms with E-state index >= 15 is 0 Å². The maximum atomic E-state index is 12.2. The van der Waals surface area contributed by atoms with Crippen LogP contribution < -0.4 is 10.5 Å². The number of hydrogen-bond donors (Lipinski definition) is 2. The molecule has 0 aliphatic carbocycles. The molecule has 3 N–H and O–H groups in total. The third kappa shape index (κ3) is 8.29. The second kappa shape index (κ2) is 11.6. The van der Waals surface area contributed by atoms with Gasteiger partial charge in [0, 0.05) is 5.92 Å². The molecule has 3 unspecified atom stereocenters. The number of sulfonamides is 1. The molecule has 0 aliphatic rings. The van der Waals surface area contributed by atoms with E-state index in [0.717, 1.165) is 12.8 Å². The van der Waals surface area contributed by atoms with Crippen LogP contribution in [0.25, 0.3) is 0 Å². The Bertz CT molecular complexity index is 486. The first kappa shape index (κ1) is 23.1. The highest BCUT2D eigenvalue weighted by atomic mass is 32.2. The quantitative estimate of drug-likeness (QED) is 0.412. The number of carbonyl (C=O) groups excluding carboxylic acids is 1. The molecule has 0 aromatic rings. The number of rotatable bonds is 12. The Morgan fingerprint density at radius 2 is 1.75 bits per heavy atom. The molecule has 3 atom stereocenters. The van der Waals surface area contributed by atoms with Crippen molar-refractivity contribution in [3.63, 3.8) is 0 Å². The van der Waals surface area contributed by atoms with Crippen LogP contribution in [0.2, 0.25) is 0 Å². The minimum absolute atomic E-state index is 0.156. The van der Waals surface area contributed by atoms with Crippen molar-refractivity contribution in [3.05, 3.63) is 12.2 Å². The number of nitrogens with one attached hydrogen (secondary N) is 1. The zero-order valence-electron chi connectivity index (χ0n) is 15.9. The Balaban J connectivity index is 4.76. The number of carbonyl (C=O) groups is 1. The lowest BCUT2D eigenvalue weighted by molar-refractivity contribution is -0.121. The Hall–Kier alpha value is -0.880. The fourth-order valence-corrected chi connectivity index (χ4v) is 3.46. The maximum Gasteiger partial charge on any atom is 0.250 e. The molecule has 0 aliphatic heterocycles. The second-order valence-corrected chi connectivity index (χ2v) is 8.95. The Kier molecular flexibility index (Phi) is 11.2. The zero-order valence-corrected chi connectivity index (χ0v) is 16.7. The van der Waals surface area contributed by atoms with Crippen molar-refractivity contribution in [3.8, 4) is 0 Å². The molecule has 1 amide bonds. The summed E-state index contributed by atoms with van der Waals surface area (Å²) in [5.41, 5.74) is 6.05. The molecule has 24 heavy (non-hydrogen) atoms. The Morgan fingerprint density at radius 3 is 2.25 bits per heavy atom. The van der Waals surface area contributed by atoms with Crippen molar-refractivity contribution in [1.82, 2.24) is 4.72 Å². The van der Waals surface area contributed by atoms with Crippen LogP contribution in [0.5, 0.6) is 0 Å². The van der Waals surface area contributed by atoms with Gasteiger partial charge in [0.1, 0.15) is 0 Å². The summed E-state index contributed by atoms with van der Waals surface area (Å²) in [5, 5.41) is -0.611. The van der Waals surface area contributed by atoms with Crippen molar-refractivity contribution in [2.75, 3.05) is 0 Å². The van der Waals surface area contributed by atoms with Gasteiger partial charge in [0.2, 0.25) is 10.0 Å². The molecule has 6 heteroatoms. The molecule has 0 fully saturated rings. The smallest absolute Gasteiger partial charge is 0.250 e. The average Bonchev–Trinajstić information content (AvgIpc) is 2.51. The van der Waals surface area contributed by atoms with Gasteiger partial charge in [-0.15, -0.1) is 0 Å². The van der Waals surface area contributed by atoms with E-state index in [9.17, 15) is 13.2 Å². The summed E-state index contributed by atoms with van der Waals surface area (Å²) in [6.45, 7) is 9.50. The number of hydrogen-bond acceptors (Lipinski definition) is 4. The molecular formula is C18H36N2O3S. The van der Waals surface area contributed by atoms with Gasteiger partial charge in [0.05, 0.1) is 11.3 Å². The summed E-state index contributed by atoms with van der Waals surface area (Å²) in [6, 6.07) is -0.865. The average molecular weight is 361 g/mol. The molecule has 5 nitrogen and oxygen atoms in total. The molecule has 0 bridgehead atoms. The summed E-state index contributed by atoms with van der Waals surface area (Å²) in [5.74, 6) is -0.642. The van der Waals surface area contributed by atoms with Gasteiger partial charge in [-0.05, 0) is 32.1 Å². The standard InChI is InChI=1S/C18H36N2O3S/c1-6-8-9-10-11-12-13-16(14(3)4)17(19)18(21)20-24(22,23)15(5)7-2/h12-17H,6-11,19H2,1-5H3,(H,20,21). The van der Waals surface area contributed by atoms with Crippen molar-refractivity contribution in [1.29, 1.82) is 0 Å². The topological polar surface area (TPSA) is 89.3 Å². The van der Waals surface area contributed by atoms with Crippen LogP contribution in [0.3, 0.4) is 0 Å². The van der Waals surface area contributed by atoms with E-state index in [0.29, 0.717) is 6.42 Å². The van der Waals surface area contributed by atoms with Gasteiger partial charge in [-0.3, -0.25) is 9.52 Å². The van der Waals surface area contributed by atoms with Crippen LogP contribution in [0.1, 0.15) is 73.1 Å². The van der Waals surface area contributed by atoms with E-state index in [2.05, 4.69) is 17.7 Å². The zero-order chi connectivity index (χ0) is 18.8. The lowest BCUT2D eigenvalue weighted by Crippen LogP contribution is -2.50. The van der Waals surface area contributed by atoms with Crippen LogP contribution >= 0.6 is 0 Å². The van der Waals surface area contributed by atoms with Crippen molar-refractivity contribution < 1.29 is 13.2 Å². The minimum atomic E-state index is -3.65. The monoisotopic (exact) mass is 360 g/mol. The first-order valence-corrected chi connectivity index (χ1v) is 10.7. The predicted molar refractivity (Wildman–Crippen MR) is 101 cm³/mol. The van der Waals surface area contributed by atoms with E-state index in [1.165, 1.54) is 19.3 Å². The third-order valence-corrected chi connectivity index (χ3v) is 6.30. The molecule has 0 aromatic carbocycles. The van der Waals surface area contributed by atoms with Crippen molar-refractivity contribution in [2.24, 2.45) is 17.6 Å². The molecule has 0 spiro atoms. The lowest BCUT2D eigenvalue weighted by Gasteiger charge is -2.24. The molecule has 0 saturated carbocycles. The highest BCUT2D eigenvalue weighted by molar-refractivity contribution is 7.90. The third-order valence-electron chi connectivity index (χ3n) is 4.42. The van der Waals surface area contributed by atoms with Crippen LogP contribution in [-0.2, 0) is 14.8 Å². The summed E-state index contributed by atoms with van der Waals surface area (Å²) in [6.07, 6.45) is 10.2. The van der Waals surface area contributed by atoms with Crippen LogP contribution in [-0.4, -0.2) is 25.6 Å². The molecule has 0 aromatic heterocycles. The van der Waals surface area contributed by atoms with E-state index in [4.69, 9.17) is 5.73 Å². The number of allylic oxidation sites excluding steroid dienone is 1. The van der Waals surface area contributed by atoms with Gasteiger partial charge in [-0.25, -0.2) is 8.42 Å². The first-order chi connectivity index (χ1) is 11.2. The predicted octanol–water partition coefficient (Wildman–Crippen LogP) is 3.36. The second-order valence-electron chi connectivity index (χ2n) is 6.85. The van der Waals surface area contributed by atoms with Crippen LogP contribution in [0, 0.1) is 11.8 Å². The highest BCUT2D eigenvalue weighted by Gasteiger charge is 2.29. The van der Waals surface area contributed by atoms with Gasteiger partial charge in [-0.2, -0.15) is 0 Å². The maximum absolute atomic E-state index is 12.2. The van der Waals surface area contributed by atoms with Crippen molar-refractivity contribution in [2.45, 2.75) is 84.4 Å². The van der Waals surface area contributed by atoms with E-state index in [1.54, 1.807) is 13.8 Å². The molecule has 0 saturated heterocycles. The normalized spacial score (nSPS) is 16.3. The summed E-state index contributed by atoms with van der Waals surface area (Å²) >= 11 is 0. The van der Waals surface area contributed by atoms with E-state index < -0.39 is 27.2 Å². The Labute approximate surface area is 148 Å². The lowest BCUT2D eigenvalue weighted by atomic mass is 9.88. The fraction of sp³-hybridized carbons (Fsp3) is 0.833. The number of amides is 1. The van der Waals surface area contributed by atoms with Gasteiger partial charge in [0.15, 0.2) is 0 Å². The van der Waals surface area contributed by atoms with E-state index in [-0.39, 0.29) is 11.8 Å². The van der Waals surface area contributed by atoms with Gasteiger partial charge < -0.3 is 5.73 Å².